The third kappa shape index (κ3) is 2.61. The topological polar surface area (TPSA) is 64.6 Å². The van der Waals surface area contributed by atoms with Crippen molar-refractivity contribution >= 4 is 28.2 Å². The fourth-order valence-electron chi connectivity index (χ4n) is 3.17. The summed E-state index contributed by atoms with van der Waals surface area (Å²) < 4.78 is 64.3. The summed E-state index contributed by atoms with van der Waals surface area (Å²) >= 11 is 1.01. The second-order valence-electron chi connectivity index (χ2n) is 6.47. The molecule has 1 N–H and O–H groups in total. The quantitative estimate of drug-likeness (QED) is 0.625. The Morgan fingerprint density at radius 1 is 1.31 bits per heavy atom. The van der Waals surface area contributed by atoms with Crippen molar-refractivity contribution in [2.75, 3.05) is 18.5 Å². The molecule has 1 aromatic heterocycles. The molecule has 10 heteroatoms. The number of alkyl halides is 4. The van der Waals surface area contributed by atoms with Crippen LogP contribution in [0.3, 0.4) is 0 Å². The fraction of sp³-hybridized carbons (Fsp3) is 0.625. The lowest BCUT2D eigenvalue weighted by Crippen LogP contribution is -2.69. The number of carbonyl (C=O) groups is 2. The SMILES string of the molecule is CCOC(=O)c1c(NC(=O)C2(C)CC(F)(F)C2(F)F)sc2c1CCOC2. The summed E-state index contributed by atoms with van der Waals surface area (Å²) in [6.07, 6.45) is -0.858. The number of amides is 1. The molecule has 0 radical (unpaired) electrons. The minimum absolute atomic E-state index is 0.0243. The summed E-state index contributed by atoms with van der Waals surface area (Å²) in [5.74, 6) is -10.6. The van der Waals surface area contributed by atoms with E-state index < -0.39 is 35.6 Å². The molecule has 2 heterocycles. The monoisotopic (exact) mass is 395 g/mol. The molecule has 1 aliphatic carbocycles. The van der Waals surface area contributed by atoms with E-state index in [0.717, 1.165) is 18.3 Å². The van der Waals surface area contributed by atoms with Crippen molar-refractivity contribution in [2.45, 2.75) is 45.1 Å². The van der Waals surface area contributed by atoms with Crippen LogP contribution in [0.25, 0.3) is 0 Å². The average molecular weight is 395 g/mol. The Labute approximate surface area is 150 Å². The number of rotatable bonds is 4. The predicted octanol–water partition coefficient (Wildman–Crippen LogP) is 3.62. The van der Waals surface area contributed by atoms with Gasteiger partial charge in [-0.05, 0) is 25.8 Å². The van der Waals surface area contributed by atoms with Crippen molar-refractivity contribution in [1.82, 2.24) is 0 Å². The maximum Gasteiger partial charge on any atom is 0.341 e. The standard InChI is InChI=1S/C16H17F4NO4S/c1-3-25-12(22)10-8-4-5-24-6-9(8)26-11(10)21-13(23)14(2)7-15(17,18)16(14,19)20/h3-7H2,1-2H3,(H,21,23). The summed E-state index contributed by atoms with van der Waals surface area (Å²) in [4.78, 5) is 25.3. The molecule has 0 saturated heterocycles. The molecule has 2 aliphatic rings. The number of ether oxygens (including phenoxy) is 2. The first-order valence-electron chi connectivity index (χ1n) is 8.01. The molecule has 5 nitrogen and oxygen atoms in total. The van der Waals surface area contributed by atoms with Gasteiger partial charge in [0.25, 0.3) is 0 Å². The second-order valence-corrected chi connectivity index (χ2v) is 7.58. The van der Waals surface area contributed by atoms with Gasteiger partial charge in [-0.15, -0.1) is 11.3 Å². The largest absolute Gasteiger partial charge is 0.462 e. The van der Waals surface area contributed by atoms with Crippen LogP contribution < -0.4 is 5.32 Å². The van der Waals surface area contributed by atoms with Gasteiger partial charge in [0, 0.05) is 11.3 Å². The first-order chi connectivity index (χ1) is 12.0. The number of carbonyl (C=O) groups excluding carboxylic acids is 2. The van der Waals surface area contributed by atoms with Crippen molar-refractivity contribution in [1.29, 1.82) is 0 Å². The molecule has 144 valence electrons. The first kappa shape index (κ1) is 19.1. The Balaban J connectivity index is 1.92. The molecule has 1 saturated carbocycles. The zero-order valence-electron chi connectivity index (χ0n) is 14.1. The second kappa shape index (κ2) is 6.19. The number of anilines is 1. The molecular weight excluding hydrogens is 378 g/mol. The molecule has 1 fully saturated rings. The van der Waals surface area contributed by atoms with Gasteiger partial charge in [0.1, 0.15) is 10.4 Å². The highest BCUT2D eigenvalue weighted by molar-refractivity contribution is 7.17. The van der Waals surface area contributed by atoms with Gasteiger partial charge in [0.2, 0.25) is 5.91 Å². The van der Waals surface area contributed by atoms with E-state index in [1.54, 1.807) is 6.92 Å². The van der Waals surface area contributed by atoms with Crippen LogP contribution in [-0.4, -0.2) is 36.9 Å². The molecule has 1 amide bonds. The third-order valence-corrected chi connectivity index (χ3v) is 5.88. The highest BCUT2D eigenvalue weighted by Gasteiger charge is 2.81. The fourth-order valence-corrected chi connectivity index (χ4v) is 4.33. The highest BCUT2D eigenvalue weighted by atomic mass is 32.1. The summed E-state index contributed by atoms with van der Waals surface area (Å²) in [5.41, 5.74) is -1.84. The van der Waals surface area contributed by atoms with Crippen LogP contribution in [0.5, 0.6) is 0 Å². The maximum absolute atomic E-state index is 13.8. The number of thiophene rings is 1. The van der Waals surface area contributed by atoms with Gasteiger partial charge in [-0.3, -0.25) is 4.79 Å². The minimum Gasteiger partial charge on any atom is -0.462 e. The molecule has 26 heavy (non-hydrogen) atoms. The van der Waals surface area contributed by atoms with Crippen molar-refractivity contribution in [3.05, 3.63) is 16.0 Å². The first-order valence-corrected chi connectivity index (χ1v) is 8.83. The highest BCUT2D eigenvalue weighted by Crippen LogP contribution is 2.63. The van der Waals surface area contributed by atoms with Crippen molar-refractivity contribution in [3.8, 4) is 0 Å². The molecule has 0 bridgehead atoms. The number of nitrogens with one attached hydrogen (secondary N) is 1. The van der Waals surface area contributed by atoms with Crippen molar-refractivity contribution in [3.63, 3.8) is 0 Å². The van der Waals surface area contributed by atoms with E-state index in [1.165, 1.54) is 0 Å². The lowest BCUT2D eigenvalue weighted by molar-refractivity contribution is -0.338. The predicted molar refractivity (Wildman–Crippen MR) is 84.9 cm³/mol. The number of hydrogen-bond donors (Lipinski definition) is 1. The van der Waals surface area contributed by atoms with Crippen molar-refractivity contribution < 1.29 is 36.6 Å². The van der Waals surface area contributed by atoms with Gasteiger partial charge >= 0.3 is 17.8 Å². The van der Waals surface area contributed by atoms with Gasteiger partial charge in [-0.2, -0.15) is 17.6 Å². The Morgan fingerprint density at radius 3 is 2.58 bits per heavy atom. The zero-order valence-corrected chi connectivity index (χ0v) is 14.9. The number of hydrogen-bond acceptors (Lipinski definition) is 5. The lowest BCUT2D eigenvalue weighted by Gasteiger charge is -2.50. The van der Waals surface area contributed by atoms with E-state index in [9.17, 15) is 27.2 Å². The van der Waals surface area contributed by atoms with Crippen LogP contribution in [-0.2, 0) is 27.3 Å². The van der Waals surface area contributed by atoms with Crippen LogP contribution in [0.4, 0.5) is 22.6 Å². The van der Waals surface area contributed by atoms with E-state index in [-0.39, 0.29) is 23.8 Å². The Bertz CT molecular complexity index is 764. The van der Waals surface area contributed by atoms with E-state index >= 15 is 0 Å². The smallest absolute Gasteiger partial charge is 0.341 e. The molecule has 3 rings (SSSR count). The van der Waals surface area contributed by atoms with Crippen molar-refractivity contribution in [2.24, 2.45) is 5.41 Å². The molecule has 0 spiro atoms. The lowest BCUT2D eigenvalue weighted by atomic mass is 9.63. The third-order valence-electron chi connectivity index (χ3n) is 4.76. The Kier molecular flexibility index (Phi) is 4.55. The van der Waals surface area contributed by atoms with E-state index in [2.05, 4.69) is 5.32 Å². The van der Waals surface area contributed by atoms with Crippen LogP contribution in [0, 0.1) is 5.41 Å². The molecule has 1 atom stereocenters. The van der Waals surface area contributed by atoms with Gasteiger partial charge in [0.15, 0.2) is 0 Å². The van der Waals surface area contributed by atoms with E-state index in [1.807, 2.05) is 0 Å². The van der Waals surface area contributed by atoms with Gasteiger partial charge in [-0.1, -0.05) is 0 Å². The number of halogens is 4. The molecule has 0 aromatic carbocycles. The summed E-state index contributed by atoms with van der Waals surface area (Å²) in [7, 11) is 0. The Morgan fingerprint density at radius 2 is 2.00 bits per heavy atom. The zero-order chi connectivity index (χ0) is 19.3. The number of fused-ring (bicyclic) bond motifs is 1. The minimum atomic E-state index is -4.46. The summed E-state index contributed by atoms with van der Waals surface area (Å²) in [6, 6.07) is 0. The van der Waals surface area contributed by atoms with Gasteiger partial charge < -0.3 is 14.8 Å². The van der Waals surface area contributed by atoms with Crippen LogP contribution >= 0.6 is 11.3 Å². The van der Waals surface area contributed by atoms with E-state index in [0.29, 0.717) is 23.5 Å². The van der Waals surface area contributed by atoms with Gasteiger partial charge in [-0.25, -0.2) is 4.79 Å². The normalized spacial score (nSPS) is 25.8. The molecule has 1 aliphatic heterocycles. The van der Waals surface area contributed by atoms with Crippen LogP contribution in [0.15, 0.2) is 0 Å². The van der Waals surface area contributed by atoms with Crippen LogP contribution in [0.2, 0.25) is 0 Å². The molecule has 1 unspecified atom stereocenters. The van der Waals surface area contributed by atoms with E-state index in [4.69, 9.17) is 9.47 Å². The van der Waals surface area contributed by atoms with Crippen LogP contribution in [0.1, 0.15) is 41.1 Å². The maximum atomic E-state index is 13.8. The number of esters is 1. The molecule has 1 aromatic rings. The summed E-state index contributed by atoms with van der Waals surface area (Å²) in [5, 5.41) is 2.28. The average Bonchev–Trinajstić information content (AvgIpc) is 2.92. The Hall–Kier alpha value is -1.68. The summed E-state index contributed by atoms with van der Waals surface area (Å²) in [6.45, 7) is 3.07. The molecular formula is C16H17F4NO4S. The van der Waals surface area contributed by atoms with Gasteiger partial charge in [0.05, 0.1) is 25.4 Å².